The van der Waals surface area contributed by atoms with Crippen LogP contribution in [0.4, 0.5) is 13.2 Å². The Hall–Kier alpha value is -2.71. The summed E-state index contributed by atoms with van der Waals surface area (Å²) in [6, 6.07) is 13.7. The number of nitrogens with zero attached hydrogens (tertiary/aromatic N) is 2. The third-order valence-corrected chi connectivity index (χ3v) is 6.40. The molecule has 8 heteroatoms. The molecule has 1 aromatic heterocycles. The van der Waals surface area contributed by atoms with Crippen molar-refractivity contribution in [1.82, 2.24) is 15.2 Å². The molecule has 0 spiro atoms. The van der Waals surface area contributed by atoms with Crippen LogP contribution in [0.25, 0.3) is 0 Å². The van der Waals surface area contributed by atoms with E-state index in [-0.39, 0.29) is 11.3 Å². The highest BCUT2D eigenvalue weighted by molar-refractivity contribution is 7.09. The van der Waals surface area contributed by atoms with E-state index >= 15 is 0 Å². The molecule has 1 N–H and O–H groups in total. The van der Waals surface area contributed by atoms with Crippen LogP contribution in [-0.4, -0.2) is 22.3 Å². The number of rotatable bonds is 9. The van der Waals surface area contributed by atoms with Gasteiger partial charge in [0.1, 0.15) is 10.7 Å². The van der Waals surface area contributed by atoms with Crippen molar-refractivity contribution in [2.45, 2.75) is 65.3 Å². The summed E-state index contributed by atoms with van der Waals surface area (Å²) in [5.74, 6) is -0.212. The second kappa shape index (κ2) is 11.4. The zero-order chi connectivity index (χ0) is 25.6. The van der Waals surface area contributed by atoms with E-state index in [1.54, 1.807) is 11.4 Å². The van der Waals surface area contributed by atoms with Gasteiger partial charge in [0.2, 0.25) is 0 Å². The molecule has 188 valence electrons. The van der Waals surface area contributed by atoms with Crippen molar-refractivity contribution in [2.24, 2.45) is 0 Å². The molecule has 0 saturated heterocycles. The number of benzene rings is 2. The molecule has 0 bridgehead atoms. The first-order valence-electron chi connectivity index (χ1n) is 11.7. The summed E-state index contributed by atoms with van der Waals surface area (Å²) < 4.78 is 39.7. The first-order chi connectivity index (χ1) is 16.5. The molecule has 3 rings (SSSR count). The number of aromatic nitrogens is 1. The smallest absolute Gasteiger partial charge is 0.351 e. The number of carbonyl (C=O) groups is 1. The Kier molecular flexibility index (Phi) is 8.72. The molecule has 0 atom stereocenters. The lowest BCUT2D eigenvalue weighted by molar-refractivity contribution is -0.137. The number of thiazole rings is 1. The molecule has 0 fully saturated rings. The molecule has 3 aromatic rings. The normalized spacial score (nSPS) is 12.2. The van der Waals surface area contributed by atoms with Gasteiger partial charge >= 0.3 is 6.18 Å². The Morgan fingerprint density at radius 2 is 1.66 bits per heavy atom. The molecule has 0 unspecified atom stereocenters. The molecular weight excluding hydrogens is 471 g/mol. The zero-order valence-electron chi connectivity index (χ0n) is 20.6. The standard InChI is InChI=1S/C27H32F3N3OS/c1-5-13-31-25(34)23-18-35-24(32-23)17-33(15-19-9-11-21(12-10-19)26(2,3)4)16-20-7-6-8-22(14-20)27(28,29)30/h6-12,14,18H,5,13,15-17H2,1-4H3,(H,31,34). The maximum absolute atomic E-state index is 13.2. The van der Waals surface area contributed by atoms with Gasteiger partial charge in [-0.05, 0) is 34.6 Å². The average Bonchev–Trinajstić information content (AvgIpc) is 3.25. The van der Waals surface area contributed by atoms with Crippen LogP contribution >= 0.6 is 11.3 Å². The van der Waals surface area contributed by atoms with Gasteiger partial charge in [-0.15, -0.1) is 11.3 Å². The van der Waals surface area contributed by atoms with E-state index in [2.05, 4.69) is 55.3 Å². The zero-order valence-corrected chi connectivity index (χ0v) is 21.4. The number of nitrogens with one attached hydrogen (secondary N) is 1. The van der Waals surface area contributed by atoms with E-state index in [0.717, 1.165) is 23.1 Å². The maximum atomic E-state index is 13.2. The van der Waals surface area contributed by atoms with Gasteiger partial charge < -0.3 is 5.32 Å². The second-order valence-corrected chi connectivity index (χ2v) is 10.6. The van der Waals surface area contributed by atoms with Crippen LogP contribution in [0.1, 0.15) is 71.9 Å². The fourth-order valence-corrected chi connectivity index (χ4v) is 4.46. The number of hydrogen-bond acceptors (Lipinski definition) is 4. The topological polar surface area (TPSA) is 45.2 Å². The molecule has 0 radical (unpaired) electrons. The van der Waals surface area contributed by atoms with Gasteiger partial charge in [0.15, 0.2) is 0 Å². The van der Waals surface area contributed by atoms with Crippen molar-refractivity contribution in [3.63, 3.8) is 0 Å². The largest absolute Gasteiger partial charge is 0.416 e. The summed E-state index contributed by atoms with van der Waals surface area (Å²) in [4.78, 5) is 18.8. The van der Waals surface area contributed by atoms with E-state index in [4.69, 9.17) is 0 Å². The summed E-state index contributed by atoms with van der Waals surface area (Å²) in [5.41, 5.74) is 2.59. The van der Waals surface area contributed by atoms with E-state index in [9.17, 15) is 18.0 Å². The maximum Gasteiger partial charge on any atom is 0.416 e. The van der Waals surface area contributed by atoms with E-state index in [0.29, 0.717) is 37.4 Å². The number of hydrogen-bond donors (Lipinski definition) is 1. The van der Waals surface area contributed by atoms with Crippen molar-refractivity contribution >= 4 is 17.2 Å². The first kappa shape index (κ1) is 26.9. The van der Waals surface area contributed by atoms with Gasteiger partial charge in [-0.1, -0.05) is 70.2 Å². The number of amides is 1. The molecule has 1 heterocycles. The number of halogens is 3. The summed E-state index contributed by atoms with van der Waals surface area (Å²) in [7, 11) is 0. The molecule has 4 nitrogen and oxygen atoms in total. The SMILES string of the molecule is CCCNC(=O)c1csc(CN(Cc2ccc(C(C)(C)C)cc2)Cc2cccc(C(F)(F)F)c2)n1. The summed E-state index contributed by atoms with van der Waals surface area (Å²) in [6.45, 7) is 10.3. The average molecular weight is 504 g/mol. The molecule has 0 aliphatic heterocycles. The van der Waals surface area contributed by atoms with Crippen molar-refractivity contribution in [3.8, 4) is 0 Å². The molecular formula is C27H32F3N3OS. The Bertz CT molecular complexity index is 1120. The number of alkyl halides is 3. The van der Waals surface area contributed by atoms with Crippen LogP contribution in [0.2, 0.25) is 0 Å². The predicted molar refractivity (Wildman–Crippen MR) is 134 cm³/mol. The Labute approximate surface area is 209 Å². The molecule has 2 aromatic carbocycles. The van der Waals surface area contributed by atoms with E-state index in [1.807, 2.05) is 11.8 Å². The van der Waals surface area contributed by atoms with Crippen molar-refractivity contribution in [3.05, 3.63) is 86.9 Å². The van der Waals surface area contributed by atoms with Crippen LogP contribution in [0, 0.1) is 0 Å². The highest BCUT2D eigenvalue weighted by Gasteiger charge is 2.30. The molecule has 1 amide bonds. The van der Waals surface area contributed by atoms with Crippen LogP contribution in [-0.2, 0) is 31.2 Å². The van der Waals surface area contributed by atoms with Crippen molar-refractivity contribution in [2.75, 3.05) is 6.54 Å². The van der Waals surface area contributed by atoms with Gasteiger partial charge in [-0.3, -0.25) is 9.69 Å². The lowest BCUT2D eigenvalue weighted by Crippen LogP contribution is -2.25. The first-order valence-corrected chi connectivity index (χ1v) is 12.5. The number of carbonyl (C=O) groups excluding carboxylic acids is 1. The van der Waals surface area contributed by atoms with Crippen LogP contribution in [0.5, 0.6) is 0 Å². The Balaban J connectivity index is 1.82. The van der Waals surface area contributed by atoms with E-state index < -0.39 is 11.7 Å². The van der Waals surface area contributed by atoms with E-state index in [1.165, 1.54) is 29.0 Å². The minimum absolute atomic E-state index is 0.0336. The summed E-state index contributed by atoms with van der Waals surface area (Å²) in [6.07, 6.45) is -3.55. The van der Waals surface area contributed by atoms with Gasteiger partial charge in [0.05, 0.1) is 12.1 Å². The highest BCUT2D eigenvalue weighted by atomic mass is 32.1. The minimum Gasteiger partial charge on any atom is -0.351 e. The Morgan fingerprint density at radius 1 is 0.971 bits per heavy atom. The summed E-state index contributed by atoms with van der Waals surface area (Å²) >= 11 is 1.38. The van der Waals surface area contributed by atoms with Gasteiger partial charge in [-0.2, -0.15) is 13.2 Å². The van der Waals surface area contributed by atoms with Crippen molar-refractivity contribution < 1.29 is 18.0 Å². The quantitative estimate of drug-likeness (QED) is 0.349. The summed E-state index contributed by atoms with van der Waals surface area (Å²) in [5, 5.41) is 5.28. The minimum atomic E-state index is -4.39. The van der Waals surface area contributed by atoms with Gasteiger partial charge in [0.25, 0.3) is 5.91 Å². The third kappa shape index (κ3) is 7.90. The molecule has 0 saturated carbocycles. The van der Waals surface area contributed by atoms with Crippen LogP contribution in [0.3, 0.4) is 0 Å². The predicted octanol–water partition coefficient (Wildman–Crippen LogP) is 6.80. The van der Waals surface area contributed by atoms with Gasteiger partial charge in [-0.25, -0.2) is 4.98 Å². The molecule has 35 heavy (non-hydrogen) atoms. The van der Waals surface area contributed by atoms with Crippen LogP contribution < -0.4 is 5.32 Å². The van der Waals surface area contributed by atoms with Crippen molar-refractivity contribution in [1.29, 1.82) is 0 Å². The second-order valence-electron chi connectivity index (χ2n) is 9.67. The lowest BCUT2D eigenvalue weighted by atomic mass is 9.87. The third-order valence-electron chi connectivity index (χ3n) is 5.57. The van der Waals surface area contributed by atoms with Gasteiger partial charge in [0, 0.05) is 25.0 Å². The fourth-order valence-electron chi connectivity index (χ4n) is 3.65. The highest BCUT2D eigenvalue weighted by Crippen LogP contribution is 2.30. The van der Waals surface area contributed by atoms with Crippen LogP contribution in [0.15, 0.2) is 53.9 Å². The molecule has 0 aliphatic rings. The fraction of sp³-hybridized carbons (Fsp3) is 0.407. The monoisotopic (exact) mass is 503 g/mol. The Morgan fingerprint density at radius 3 is 2.29 bits per heavy atom. The molecule has 0 aliphatic carbocycles. The lowest BCUT2D eigenvalue weighted by Gasteiger charge is -2.23.